The second-order valence-electron chi connectivity index (χ2n) is 14.0. The minimum Gasteiger partial charge on any atom is -0.480 e. The Kier molecular flexibility index (Phi) is 15.0. The summed E-state index contributed by atoms with van der Waals surface area (Å²) < 4.78 is 0. The Balaban J connectivity index is 1.49. The van der Waals surface area contributed by atoms with Crippen LogP contribution in [0.4, 0.5) is 0 Å². The zero-order valence-corrected chi connectivity index (χ0v) is 31.3. The number of carboxylic acid groups (broad SMARTS) is 1. The number of rotatable bonds is 19. The second-order valence-corrected chi connectivity index (χ2v) is 14.0. The second kappa shape index (κ2) is 19.6. The van der Waals surface area contributed by atoms with Crippen molar-refractivity contribution in [3.63, 3.8) is 0 Å². The van der Waals surface area contributed by atoms with Crippen LogP contribution in [0.2, 0.25) is 0 Å². The van der Waals surface area contributed by atoms with Crippen LogP contribution in [0.1, 0.15) is 44.9 Å². The lowest BCUT2D eigenvalue weighted by Crippen LogP contribution is -2.61. The number of aliphatic hydroxyl groups excluding tert-OH is 2. The molecule has 0 radical (unpaired) electrons. The lowest BCUT2D eigenvalue weighted by molar-refractivity contribution is -0.145. The molecule has 20 heteroatoms. The molecule has 0 unspecified atom stereocenters. The monoisotopic (exact) mass is 782 g/mol. The molecule has 3 aromatic rings. The summed E-state index contributed by atoms with van der Waals surface area (Å²) in [5.74, 6) is -6.61. The van der Waals surface area contributed by atoms with Crippen molar-refractivity contribution in [2.75, 3.05) is 19.8 Å². The molecular weight excluding hydrogens is 732 g/mol. The number of nitrogens with two attached hydrogens (primary N) is 1. The summed E-state index contributed by atoms with van der Waals surface area (Å²) in [5.41, 5.74) is 7.74. The maximum atomic E-state index is 13.9. The van der Waals surface area contributed by atoms with Gasteiger partial charge >= 0.3 is 5.97 Å². The number of hydrogen-bond acceptors (Lipinski definition) is 11. The number of H-pyrrole nitrogens is 2. The molecule has 0 aliphatic carbocycles. The highest BCUT2D eigenvalue weighted by molar-refractivity contribution is 5.97. The molecule has 304 valence electrons. The summed E-state index contributed by atoms with van der Waals surface area (Å²) in [6.45, 7) is 2.90. The number of aromatic amines is 2. The number of imidazole rings is 1. The van der Waals surface area contributed by atoms with Crippen LogP contribution in [0.5, 0.6) is 0 Å². The highest BCUT2D eigenvalue weighted by Gasteiger charge is 2.40. The van der Waals surface area contributed by atoms with Crippen LogP contribution < -0.4 is 32.3 Å². The van der Waals surface area contributed by atoms with Crippen molar-refractivity contribution in [2.24, 2.45) is 11.7 Å². The van der Waals surface area contributed by atoms with Crippen molar-refractivity contribution in [3.8, 4) is 0 Å². The van der Waals surface area contributed by atoms with Crippen molar-refractivity contribution in [1.82, 2.24) is 46.4 Å². The zero-order valence-electron chi connectivity index (χ0n) is 31.3. The topological polar surface area (TPSA) is 314 Å². The van der Waals surface area contributed by atoms with Crippen LogP contribution in [0.25, 0.3) is 10.9 Å². The van der Waals surface area contributed by atoms with Gasteiger partial charge in [-0.1, -0.05) is 32.0 Å². The van der Waals surface area contributed by atoms with E-state index in [4.69, 9.17) is 5.73 Å². The molecule has 3 heterocycles. The molecule has 7 atom stereocenters. The van der Waals surface area contributed by atoms with Gasteiger partial charge in [0.05, 0.1) is 25.6 Å². The van der Waals surface area contributed by atoms with Crippen molar-refractivity contribution in [2.45, 2.75) is 88.7 Å². The number of aliphatic hydroxyl groups is 2. The van der Waals surface area contributed by atoms with Crippen LogP contribution in [0, 0.1) is 5.92 Å². The number of aliphatic carboxylic acids is 1. The molecule has 12 N–H and O–H groups in total. The average molecular weight is 783 g/mol. The summed E-state index contributed by atoms with van der Waals surface area (Å²) in [7, 11) is 0. The highest BCUT2D eigenvalue weighted by Crippen LogP contribution is 2.21. The van der Waals surface area contributed by atoms with E-state index in [2.05, 4.69) is 41.5 Å². The van der Waals surface area contributed by atoms with Crippen molar-refractivity contribution >= 4 is 52.3 Å². The number of nitrogens with zero attached hydrogens (tertiary/aromatic N) is 2. The molecule has 0 spiro atoms. The highest BCUT2D eigenvalue weighted by atomic mass is 16.4. The Bertz CT molecular complexity index is 1860. The fraction of sp³-hybridized carbons (Fsp3) is 0.500. The van der Waals surface area contributed by atoms with Gasteiger partial charge in [-0.3, -0.25) is 28.8 Å². The predicted molar refractivity (Wildman–Crippen MR) is 199 cm³/mol. The van der Waals surface area contributed by atoms with Gasteiger partial charge in [-0.05, 0) is 37.3 Å². The molecule has 20 nitrogen and oxygen atoms in total. The molecule has 1 aliphatic heterocycles. The zero-order chi connectivity index (χ0) is 41.1. The predicted octanol–water partition coefficient (Wildman–Crippen LogP) is -2.84. The molecule has 1 fully saturated rings. The van der Waals surface area contributed by atoms with Crippen LogP contribution in [-0.2, 0) is 46.4 Å². The number of hydrogen-bond donors (Lipinski definition) is 11. The summed E-state index contributed by atoms with van der Waals surface area (Å²) in [6.07, 6.45) is 4.90. The third kappa shape index (κ3) is 10.9. The van der Waals surface area contributed by atoms with E-state index < -0.39 is 103 Å². The summed E-state index contributed by atoms with van der Waals surface area (Å²) in [6, 6.07) is -1.67. The molecule has 1 aliphatic rings. The van der Waals surface area contributed by atoms with Gasteiger partial charge in [-0.15, -0.1) is 0 Å². The van der Waals surface area contributed by atoms with E-state index in [-0.39, 0.29) is 25.8 Å². The fourth-order valence-corrected chi connectivity index (χ4v) is 6.32. The average Bonchev–Trinajstić information content (AvgIpc) is 3.96. The fourth-order valence-electron chi connectivity index (χ4n) is 6.32. The Morgan fingerprint density at radius 3 is 2.07 bits per heavy atom. The quantitative estimate of drug-likeness (QED) is 0.0586. The minimum absolute atomic E-state index is 0.0273. The lowest BCUT2D eigenvalue weighted by Gasteiger charge is -2.30. The Hall–Kier alpha value is -5.86. The number of fused-ring (bicyclic) bond motifs is 1. The van der Waals surface area contributed by atoms with Gasteiger partial charge in [0.15, 0.2) is 0 Å². The summed E-state index contributed by atoms with van der Waals surface area (Å²) in [4.78, 5) is 103. The third-order valence-corrected chi connectivity index (χ3v) is 9.44. The summed E-state index contributed by atoms with van der Waals surface area (Å²) in [5, 5.41) is 42.8. The summed E-state index contributed by atoms with van der Waals surface area (Å²) >= 11 is 0. The van der Waals surface area contributed by atoms with E-state index in [1.54, 1.807) is 20.0 Å². The molecule has 6 amide bonds. The Morgan fingerprint density at radius 1 is 0.839 bits per heavy atom. The smallest absolute Gasteiger partial charge is 0.326 e. The van der Waals surface area contributed by atoms with Gasteiger partial charge in [0.1, 0.15) is 36.3 Å². The SMILES string of the molecule is CC(C)[C@H](NC(=O)[C@H](CO)NC(=O)[C@@H]1CCCN1C(=O)[C@H](CO)NC(=O)[C@H](Cc1cnc[nH]1)NC(=O)[C@H](Cc1c[nH]c2ccccc12)NC(=O)[C@H](C)N)C(=O)O. The van der Waals surface area contributed by atoms with Gasteiger partial charge in [0.25, 0.3) is 0 Å². The largest absolute Gasteiger partial charge is 0.480 e. The van der Waals surface area contributed by atoms with E-state index in [1.165, 1.54) is 19.4 Å². The molecular formula is C36H50N10O10. The van der Waals surface area contributed by atoms with E-state index >= 15 is 0 Å². The first kappa shape index (κ1) is 42.9. The van der Waals surface area contributed by atoms with Crippen LogP contribution >= 0.6 is 0 Å². The molecule has 56 heavy (non-hydrogen) atoms. The number of benzene rings is 1. The number of carbonyl (C=O) groups is 7. The first-order valence-corrected chi connectivity index (χ1v) is 18.2. The van der Waals surface area contributed by atoms with Crippen molar-refractivity contribution in [1.29, 1.82) is 0 Å². The van der Waals surface area contributed by atoms with Gasteiger partial charge in [-0.2, -0.15) is 0 Å². The van der Waals surface area contributed by atoms with Crippen molar-refractivity contribution in [3.05, 3.63) is 54.2 Å². The lowest BCUT2D eigenvalue weighted by atomic mass is 10.0. The van der Waals surface area contributed by atoms with Gasteiger partial charge in [0.2, 0.25) is 35.4 Å². The van der Waals surface area contributed by atoms with Gasteiger partial charge in [-0.25, -0.2) is 9.78 Å². The van der Waals surface area contributed by atoms with E-state index in [9.17, 15) is 48.9 Å². The molecule has 0 saturated carbocycles. The molecule has 2 aromatic heterocycles. The number of carbonyl (C=O) groups excluding carboxylic acids is 6. The number of nitrogens with one attached hydrogen (secondary N) is 7. The Morgan fingerprint density at radius 2 is 1.46 bits per heavy atom. The third-order valence-electron chi connectivity index (χ3n) is 9.44. The standard InChI is InChI=1S/C36H50N10O10/c1-18(2)29(36(55)56)45-33(52)26(15-47)43-34(53)28-9-6-10-46(28)35(54)27(16-48)44-32(51)25(12-21-14-38-17-40-21)42-31(50)24(41-30(49)19(3)37)11-20-13-39-23-8-5-4-7-22(20)23/h4-5,7-8,13-14,17-19,24-29,39,47-48H,6,9-12,15-16,37H2,1-3H3,(H,38,40)(H,41,49)(H,42,50)(H,43,53)(H,44,51)(H,45,52)(H,55,56)/t19-,24-,25-,26-,27-,28-,29-/m0/s1. The number of carboxylic acids is 1. The Labute approximate surface area is 321 Å². The van der Waals surface area contributed by atoms with Crippen LogP contribution in [0.3, 0.4) is 0 Å². The van der Waals surface area contributed by atoms with E-state index in [0.29, 0.717) is 17.7 Å². The number of para-hydroxylation sites is 1. The maximum absolute atomic E-state index is 13.9. The van der Waals surface area contributed by atoms with Crippen LogP contribution in [-0.4, -0.2) is 139 Å². The first-order valence-electron chi connectivity index (χ1n) is 18.2. The molecule has 0 bridgehead atoms. The maximum Gasteiger partial charge on any atom is 0.326 e. The number of likely N-dealkylation sites (tertiary alicyclic amines) is 1. The van der Waals surface area contributed by atoms with Crippen molar-refractivity contribution < 1.29 is 48.9 Å². The molecule has 1 aromatic carbocycles. The molecule has 4 rings (SSSR count). The number of amides is 6. The van der Waals surface area contributed by atoms with E-state index in [1.807, 2.05) is 24.3 Å². The number of aromatic nitrogens is 3. The normalized spacial score (nSPS) is 17.3. The van der Waals surface area contributed by atoms with Gasteiger partial charge < -0.3 is 62.5 Å². The van der Waals surface area contributed by atoms with E-state index in [0.717, 1.165) is 15.8 Å². The minimum atomic E-state index is -1.57. The first-order chi connectivity index (χ1) is 26.6. The van der Waals surface area contributed by atoms with Gasteiger partial charge in [0, 0.05) is 48.4 Å². The van der Waals surface area contributed by atoms with Crippen LogP contribution in [0.15, 0.2) is 43.0 Å². The molecule has 1 saturated heterocycles.